The Hall–Kier alpha value is -1.50. The number of hydrogen-bond acceptors (Lipinski definition) is 4. The van der Waals surface area contributed by atoms with Crippen LogP contribution in [0, 0.1) is 6.92 Å². The predicted octanol–water partition coefficient (Wildman–Crippen LogP) is 1.92. The van der Waals surface area contributed by atoms with Gasteiger partial charge in [-0.15, -0.1) is 0 Å². The summed E-state index contributed by atoms with van der Waals surface area (Å²) in [6.07, 6.45) is 4.27. The summed E-state index contributed by atoms with van der Waals surface area (Å²) in [6.45, 7) is 1.98. The topological polar surface area (TPSA) is 72.0 Å². The van der Waals surface area contributed by atoms with E-state index in [0.717, 1.165) is 5.56 Å². The summed E-state index contributed by atoms with van der Waals surface area (Å²) in [4.78, 5) is 7.85. The molecule has 0 spiro atoms. The fraction of sp³-hybridized carbons (Fsp3) is 0.167. The SMILES string of the molecule is Cc1cccnc1CNS(=O)(=O)c1cnccc1Cl. The molecule has 0 aliphatic rings. The normalized spacial score (nSPS) is 11.5. The van der Waals surface area contributed by atoms with Gasteiger partial charge < -0.3 is 0 Å². The van der Waals surface area contributed by atoms with Crippen molar-refractivity contribution in [3.05, 3.63) is 53.1 Å². The van der Waals surface area contributed by atoms with E-state index in [0.29, 0.717) is 5.69 Å². The van der Waals surface area contributed by atoms with Crippen LogP contribution in [0.3, 0.4) is 0 Å². The molecule has 0 atom stereocenters. The molecule has 0 unspecified atom stereocenters. The number of pyridine rings is 2. The summed E-state index contributed by atoms with van der Waals surface area (Å²) in [5.41, 5.74) is 1.59. The Morgan fingerprint density at radius 2 is 2.11 bits per heavy atom. The minimum Gasteiger partial charge on any atom is -0.263 e. The Kier molecular flexibility index (Phi) is 4.14. The first-order chi connectivity index (χ1) is 9.00. The molecule has 100 valence electrons. The van der Waals surface area contributed by atoms with Crippen molar-refractivity contribution < 1.29 is 8.42 Å². The highest BCUT2D eigenvalue weighted by Crippen LogP contribution is 2.19. The molecule has 0 aliphatic heterocycles. The molecule has 2 heterocycles. The van der Waals surface area contributed by atoms with Crippen molar-refractivity contribution in [1.82, 2.24) is 14.7 Å². The molecule has 19 heavy (non-hydrogen) atoms. The Bertz CT molecular complexity index is 689. The number of hydrogen-bond donors (Lipinski definition) is 1. The maximum absolute atomic E-state index is 12.1. The van der Waals surface area contributed by atoms with E-state index in [1.54, 1.807) is 12.3 Å². The summed E-state index contributed by atoms with van der Waals surface area (Å²) in [6, 6.07) is 5.10. The Morgan fingerprint density at radius 3 is 2.79 bits per heavy atom. The number of aromatic nitrogens is 2. The van der Waals surface area contributed by atoms with Crippen LogP contribution in [-0.2, 0) is 16.6 Å². The van der Waals surface area contributed by atoms with E-state index in [2.05, 4.69) is 14.7 Å². The zero-order chi connectivity index (χ0) is 13.9. The zero-order valence-electron chi connectivity index (χ0n) is 10.2. The van der Waals surface area contributed by atoms with E-state index < -0.39 is 10.0 Å². The van der Waals surface area contributed by atoms with Crippen LogP contribution in [0.25, 0.3) is 0 Å². The Morgan fingerprint density at radius 1 is 1.32 bits per heavy atom. The van der Waals surface area contributed by atoms with Gasteiger partial charge in [-0.2, -0.15) is 0 Å². The van der Waals surface area contributed by atoms with Crippen molar-refractivity contribution in [2.75, 3.05) is 0 Å². The van der Waals surface area contributed by atoms with Crippen LogP contribution in [0.2, 0.25) is 5.02 Å². The number of nitrogens with one attached hydrogen (secondary N) is 1. The van der Waals surface area contributed by atoms with E-state index in [1.807, 2.05) is 13.0 Å². The number of halogens is 1. The number of nitrogens with zero attached hydrogens (tertiary/aromatic N) is 2. The predicted molar refractivity (Wildman–Crippen MR) is 72.2 cm³/mol. The average Bonchev–Trinajstić information content (AvgIpc) is 2.38. The monoisotopic (exact) mass is 297 g/mol. The van der Waals surface area contributed by atoms with Gasteiger partial charge in [0.2, 0.25) is 10.0 Å². The minimum atomic E-state index is -3.69. The maximum atomic E-state index is 12.1. The molecule has 2 aromatic heterocycles. The lowest BCUT2D eigenvalue weighted by atomic mass is 10.2. The van der Waals surface area contributed by atoms with Gasteiger partial charge in [0.15, 0.2) is 0 Å². The maximum Gasteiger partial charge on any atom is 0.243 e. The summed E-state index contributed by atoms with van der Waals surface area (Å²) in [5.74, 6) is 0. The van der Waals surface area contributed by atoms with E-state index in [9.17, 15) is 8.42 Å². The molecule has 5 nitrogen and oxygen atoms in total. The van der Waals surface area contributed by atoms with E-state index in [1.165, 1.54) is 18.5 Å². The molecule has 2 rings (SSSR count). The molecule has 0 radical (unpaired) electrons. The van der Waals surface area contributed by atoms with Crippen LogP contribution in [0.1, 0.15) is 11.3 Å². The number of sulfonamides is 1. The van der Waals surface area contributed by atoms with Crippen LogP contribution in [-0.4, -0.2) is 18.4 Å². The van der Waals surface area contributed by atoms with Gasteiger partial charge in [0.1, 0.15) is 4.90 Å². The highest BCUT2D eigenvalue weighted by molar-refractivity contribution is 7.89. The first-order valence-electron chi connectivity index (χ1n) is 5.50. The second-order valence-electron chi connectivity index (χ2n) is 3.90. The number of rotatable bonds is 4. The van der Waals surface area contributed by atoms with Gasteiger partial charge >= 0.3 is 0 Å². The molecule has 0 fully saturated rings. The quantitative estimate of drug-likeness (QED) is 0.936. The fourth-order valence-corrected chi connectivity index (χ4v) is 2.92. The zero-order valence-corrected chi connectivity index (χ0v) is 11.7. The largest absolute Gasteiger partial charge is 0.263 e. The highest BCUT2D eigenvalue weighted by Gasteiger charge is 2.18. The van der Waals surface area contributed by atoms with Crippen molar-refractivity contribution in [3.8, 4) is 0 Å². The van der Waals surface area contributed by atoms with Crippen molar-refractivity contribution >= 4 is 21.6 Å². The first-order valence-corrected chi connectivity index (χ1v) is 7.36. The molecule has 2 aromatic rings. The standard InChI is InChI=1S/C12H12ClN3O2S/c1-9-3-2-5-15-11(9)7-16-19(17,18)12-8-14-6-4-10(12)13/h2-6,8,16H,7H2,1H3. The van der Waals surface area contributed by atoms with Gasteiger partial charge in [0.05, 0.1) is 17.3 Å². The van der Waals surface area contributed by atoms with Crippen LogP contribution in [0.4, 0.5) is 0 Å². The molecule has 0 amide bonds. The molecule has 0 saturated heterocycles. The molecule has 0 aromatic carbocycles. The Labute approximate surface area is 116 Å². The van der Waals surface area contributed by atoms with Gasteiger partial charge in [-0.3, -0.25) is 9.97 Å². The van der Waals surface area contributed by atoms with Crippen molar-refractivity contribution in [2.24, 2.45) is 0 Å². The lowest BCUT2D eigenvalue weighted by Crippen LogP contribution is -2.24. The van der Waals surface area contributed by atoms with Gasteiger partial charge in [0, 0.05) is 18.6 Å². The van der Waals surface area contributed by atoms with Crippen molar-refractivity contribution in [3.63, 3.8) is 0 Å². The second kappa shape index (κ2) is 5.64. The van der Waals surface area contributed by atoms with Crippen LogP contribution in [0.5, 0.6) is 0 Å². The molecule has 0 aliphatic carbocycles. The van der Waals surface area contributed by atoms with Crippen molar-refractivity contribution in [1.29, 1.82) is 0 Å². The summed E-state index contributed by atoms with van der Waals surface area (Å²) in [7, 11) is -3.69. The molecule has 0 saturated carbocycles. The van der Waals surface area contributed by atoms with Gasteiger partial charge in [-0.25, -0.2) is 13.1 Å². The van der Waals surface area contributed by atoms with Gasteiger partial charge in [-0.05, 0) is 24.6 Å². The van der Waals surface area contributed by atoms with Crippen LogP contribution < -0.4 is 4.72 Å². The summed E-state index contributed by atoms with van der Waals surface area (Å²) < 4.78 is 26.6. The van der Waals surface area contributed by atoms with Gasteiger partial charge in [-0.1, -0.05) is 17.7 Å². The summed E-state index contributed by atoms with van der Waals surface area (Å²) >= 11 is 5.85. The van der Waals surface area contributed by atoms with E-state index in [-0.39, 0.29) is 16.5 Å². The summed E-state index contributed by atoms with van der Waals surface area (Å²) in [5, 5.41) is 0.139. The lowest BCUT2D eigenvalue weighted by molar-refractivity contribution is 0.580. The number of aryl methyl sites for hydroxylation is 1. The van der Waals surface area contributed by atoms with E-state index in [4.69, 9.17) is 11.6 Å². The molecule has 7 heteroatoms. The van der Waals surface area contributed by atoms with E-state index >= 15 is 0 Å². The third-order valence-corrected chi connectivity index (χ3v) is 4.44. The average molecular weight is 298 g/mol. The third-order valence-electron chi connectivity index (χ3n) is 2.57. The molecular formula is C12H12ClN3O2S. The van der Waals surface area contributed by atoms with Crippen molar-refractivity contribution in [2.45, 2.75) is 18.4 Å². The Balaban J connectivity index is 2.20. The molecule has 1 N–H and O–H groups in total. The smallest absolute Gasteiger partial charge is 0.243 e. The van der Waals surface area contributed by atoms with Gasteiger partial charge in [0.25, 0.3) is 0 Å². The molecular weight excluding hydrogens is 286 g/mol. The van der Waals surface area contributed by atoms with Crippen LogP contribution >= 0.6 is 11.6 Å². The molecule has 0 bridgehead atoms. The fourth-order valence-electron chi connectivity index (χ4n) is 1.51. The lowest BCUT2D eigenvalue weighted by Gasteiger charge is -2.08. The minimum absolute atomic E-state index is 0.0368. The second-order valence-corrected chi connectivity index (χ2v) is 6.04. The van der Waals surface area contributed by atoms with Crippen LogP contribution in [0.15, 0.2) is 41.7 Å². The highest BCUT2D eigenvalue weighted by atomic mass is 35.5. The first kappa shape index (κ1) is 13.9. The third kappa shape index (κ3) is 3.28.